The Kier molecular flexibility index (Phi) is 6.87. The van der Waals surface area contributed by atoms with E-state index in [0.717, 1.165) is 0 Å². The zero-order valence-electron chi connectivity index (χ0n) is 18.2. The zero-order valence-corrected chi connectivity index (χ0v) is 19.7. The van der Waals surface area contributed by atoms with Gasteiger partial charge in [-0.15, -0.1) is 0 Å². The van der Waals surface area contributed by atoms with Gasteiger partial charge in [-0.1, -0.05) is 41.9 Å². The predicted octanol–water partition coefficient (Wildman–Crippen LogP) is 3.89. The number of ether oxygens (including phenoxy) is 1. The number of aryl methyl sites for hydroxylation is 1. The van der Waals surface area contributed by atoms with E-state index in [4.69, 9.17) is 16.3 Å². The summed E-state index contributed by atoms with van der Waals surface area (Å²) in [6.07, 6.45) is 0.710. The minimum atomic E-state index is -4.10. The molecular formula is C24H22ClN3O5S. The fourth-order valence-electron chi connectivity index (χ4n) is 3.65. The third kappa shape index (κ3) is 5.22. The summed E-state index contributed by atoms with van der Waals surface area (Å²) in [4.78, 5) is 24.9. The Hall–Kier alpha value is -3.40. The van der Waals surface area contributed by atoms with E-state index in [2.05, 4.69) is 15.4 Å². The molecule has 3 N–H and O–H groups in total. The Morgan fingerprint density at radius 1 is 1.06 bits per heavy atom. The highest BCUT2D eigenvalue weighted by Gasteiger charge is 2.29. The van der Waals surface area contributed by atoms with E-state index in [1.807, 2.05) is 0 Å². The van der Waals surface area contributed by atoms with Crippen molar-refractivity contribution in [2.75, 3.05) is 17.7 Å². The first-order chi connectivity index (χ1) is 16.3. The first-order valence-electron chi connectivity index (χ1n) is 10.4. The van der Waals surface area contributed by atoms with Gasteiger partial charge in [-0.3, -0.25) is 9.59 Å². The van der Waals surface area contributed by atoms with Crippen molar-refractivity contribution < 1.29 is 22.7 Å². The summed E-state index contributed by atoms with van der Waals surface area (Å²) in [5.41, 5.74) is 2.06. The molecule has 0 spiro atoms. The SMILES string of the molecule is COc1ccc(Cl)cc1NC(=O)C(NS(=O)(=O)c1ccc2c(c1)CCC(=O)N2)c1ccccc1. The van der Waals surface area contributed by atoms with Crippen LogP contribution in [0, 0.1) is 0 Å². The molecule has 1 aliphatic heterocycles. The number of halogens is 1. The number of methoxy groups -OCH3 is 1. The maximum Gasteiger partial charge on any atom is 0.247 e. The predicted molar refractivity (Wildman–Crippen MR) is 130 cm³/mol. The number of nitrogens with one attached hydrogen (secondary N) is 3. The number of benzene rings is 3. The molecule has 0 fully saturated rings. The summed E-state index contributed by atoms with van der Waals surface area (Å²) >= 11 is 6.06. The average molecular weight is 500 g/mol. The Morgan fingerprint density at radius 3 is 2.56 bits per heavy atom. The molecule has 1 unspecified atom stereocenters. The lowest BCUT2D eigenvalue weighted by Gasteiger charge is -2.21. The molecule has 2 amide bonds. The van der Waals surface area contributed by atoms with Gasteiger partial charge in [0.2, 0.25) is 21.8 Å². The summed E-state index contributed by atoms with van der Waals surface area (Å²) < 4.78 is 34.3. The van der Waals surface area contributed by atoms with Crippen LogP contribution in [0.25, 0.3) is 0 Å². The molecule has 1 aliphatic rings. The minimum absolute atomic E-state index is 0.00327. The Bertz CT molecular complexity index is 1350. The quantitative estimate of drug-likeness (QED) is 0.456. The van der Waals surface area contributed by atoms with E-state index >= 15 is 0 Å². The van der Waals surface area contributed by atoms with Crippen molar-refractivity contribution in [2.45, 2.75) is 23.8 Å². The molecule has 3 aromatic rings. The first kappa shape index (κ1) is 23.7. The molecule has 0 saturated carbocycles. The van der Waals surface area contributed by atoms with Crippen LogP contribution in [-0.4, -0.2) is 27.3 Å². The van der Waals surface area contributed by atoms with Crippen LogP contribution in [-0.2, 0) is 26.0 Å². The number of carbonyl (C=O) groups is 2. The van der Waals surface area contributed by atoms with Gasteiger partial charge in [0.05, 0.1) is 17.7 Å². The second-order valence-electron chi connectivity index (χ2n) is 7.67. The van der Waals surface area contributed by atoms with Crippen LogP contribution in [0.3, 0.4) is 0 Å². The van der Waals surface area contributed by atoms with Gasteiger partial charge in [0.15, 0.2) is 0 Å². The zero-order chi connectivity index (χ0) is 24.3. The van der Waals surface area contributed by atoms with Crippen LogP contribution in [0.2, 0.25) is 5.02 Å². The van der Waals surface area contributed by atoms with Gasteiger partial charge in [0.1, 0.15) is 11.8 Å². The standard InChI is InChI=1S/C24H22ClN3O5S/c1-33-21-11-8-17(25)14-20(21)27-24(30)23(15-5-3-2-4-6-15)28-34(31,32)18-9-10-19-16(13-18)7-12-22(29)26-19/h2-6,8-11,13-14,23,28H,7,12H2,1H3,(H,26,29)(H,27,30). The normalized spacial score (nSPS) is 14.0. The topological polar surface area (TPSA) is 114 Å². The Morgan fingerprint density at radius 2 is 1.82 bits per heavy atom. The van der Waals surface area contributed by atoms with E-state index in [-0.39, 0.29) is 17.2 Å². The summed E-state index contributed by atoms with van der Waals surface area (Å²) in [7, 11) is -2.64. The Labute approximate surface area is 202 Å². The largest absolute Gasteiger partial charge is 0.495 e. The van der Waals surface area contributed by atoms with Crippen LogP contribution >= 0.6 is 11.6 Å². The van der Waals surface area contributed by atoms with Crippen molar-refractivity contribution in [3.63, 3.8) is 0 Å². The van der Waals surface area contributed by atoms with Crippen molar-refractivity contribution >= 4 is 44.8 Å². The molecule has 0 bridgehead atoms. The van der Waals surface area contributed by atoms with Crippen LogP contribution < -0.4 is 20.1 Å². The van der Waals surface area contributed by atoms with Gasteiger partial charge < -0.3 is 15.4 Å². The number of anilines is 2. The van der Waals surface area contributed by atoms with E-state index in [9.17, 15) is 18.0 Å². The van der Waals surface area contributed by atoms with Gasteiger partial charge >= 0.3 is 0 Å². The molecule has 176 valence electrons. The van der Waals surface area contributed by atoms with Crippen molar-refractivity contribution in [1.29, 1.82) is 0 Å². The van der Waals surface area contributed by atoms with Crippen LogP contribution in [0.5, 0.6) is 5.75 Å². The smallest absolute Gasteiger partial charge is 0.247 e. The first-order valence-corrected chi connectivity index (χ1v) is 12.3. The van der Waals surface area contributed by atoms with Crippen molar-refractivity contribution in [3.8, 4) is 5.75 Å². The number of hydrogen-bond acceptors (Lipinski definition) is 5. The average Bonchev–Trinajstić information content (AvgIpc) is 2.83. The highest BCUT2D eigenvalue weighted by molar-refractivity contribution is 7.89. The van der Waals surface area contributed by atoms with E-state index in [0.29, 0.717) is 39.7 Å². The second-order valence-corrected chi connectivity index (χ2v) is 9.82. The fraction of sp³-hybridized carbons (Fsp3) is 0.167. The van der Waals surface area contributed by atoms with Crippen LogP contribution in [0.4, 0.5) is 11.4 Å². The summed E-state index contributed by atoms with van der Waals surface area (Å²) in [6.45, 7) is 0. The molecule has 1 atom stereocenters. The number of sulfonamides is 1. The molecule has 0 saturated heterocycles. The second kappa shape index (κ2) is 9.84. The number of fused-ring (bicyclic) bond motifs is 1. The number of amides is 2. The highest BCUT2D eigenvalue weighted by atomic mass is 35.5. The third-order valence-electron chi connectivity index (χ3n) is 5.37. The van der Waals surface area contributed by atoms with Crippen molar-refractivity contribution in [2.24, 2.45) is 0 Å². The van der Waals surface area contributed by atoms with Crippen molar-refractivity contribution in [1.82, 2.24) is 4.72 Å². The monoisotopic (exact) mass is 499 g/mol. The molecule has 10 heteroatoms. The summed E-state index contributed by atoms with van der Waals surface area (Å²) in [5.74, 6) is -0.344. The van der Waals surface area contributed by atoms with E-state index < -0.39 is 22.0 Å². The summed E-state index contributed by atoms with van der Waals surface area (Å²) in [6, 6.07) is 16.5. The van der Waals surface area contributed by atoms with Gasteiger partial charge in [0.25, 0.3) is 0 Å². The summed E-state index contributed by atoms with van der Waals surface area (Å²) in [5, 5.41) is 5.82. The van der Waals surface area contributed by atoms with E-state index in [1.165, 1.54) is 25.3 Å². The minimum Gasteiger partial charge on any atom is -0.495 e. The molecule has 0 aromatic heterocycles. The molecule has 0 aliphatic carbocycles. The lowest BCUT2D eigenvalue weighted by Crippen LogP contribution is -2.37. The number of carbonyl (C=O) groups excluding carboxylic acids is 2. The molecule has 0 radical (unpaired) electrons. The van der Waals surface area contributed by atoms with Crippen LogP contribution in [0.15, 0.2) is 71.6 Å². The molecule has 34 heavy (non-hydrogen) atoms. The Balaban J connectivity index is 1.65. The molecule has 3 aromatic carbocycles. The maximum absolute atomic E-state index is 13.3. The maximum atomic E-state index is 13.3. The third-order valence-corrected chi connectivity index (χ3v) is 7.03. The molecule has 1 heterocycles. The molecule has 8 nitrogen and oxygen atoms in total. The van der Waals surface area contributed by atoms with Gasteiger partial charge in [-0.25, -0.2) is 8.42 Å². The lowest BCUT2D eigenvalue weighted by atomic mass is 10.0. The number of rotatable bonds is 7. The highest BCUT2D eigenvalue weighted by Crippen LogP contribution is 2.30. The van der Waals surface area contributed by atoms with Gasteiger partial charge in [-0.05, 0) is 53.9 Å². The molecule has 4 rings (SSSR count). The van der Waals surface area contributed by atoms with Gasteiger partial charge in [-0.2, -0.15) is 4.72 Å². The van der Waals surface area contributed by atoms with E-state index in [1.54, 1.807) is 48.5 Å². The number of hydrogen-bond donors (Lipinski definition) is 3. The lowest BCUT2D eigenvalue weighted by molar-refractivity contribution is -0.118. The van der Waals surface area contributed by atoms with Gasteiger partial charge in [0, 0.05) is 17.1 Å². The molecular weight excluding hydrogens is 478 g/mol. The fourth-order valence-corrected chi connectivity index (χ4v) is 5.06. The van der Waals surface area contributed by atoms with Crippen LogP contribution in [0.1, 0.15) is 23.6 Å². The van der Waals surface area contributed by atoms with Crippen molar-refractivity contribution in [3.05, 3.63) is 82.9 Å².